The third-order valence-electron chi connectivity index (χ3n) is 4.34. The molecular formula is C17H28ClN3O3S. The van der Waals surface area contributed by atoms with Gasteiger partial charge in [-0.2, -0.15) is 0 Å². The van der Waals surface area contributed by atoms with Crippen LogP contribution >= 0.6 is 12.4 Å². The van der Waals surface area contributed by atoms with Crippen molar-refractivity contribution in [1.29, 1.82) is 0 Å². The molecule has 0 radical (unpaired) electrons. The highest BCUT2D eigenvalue weighted by atomic mass is 35.5. The minimum atomic E-state index is -3.29. The summed E-state index contributed by atoms with van der Waals surface area (Å²) in [6, 6.07) is 5.19. The van der Waals surface area contributed by atoms with Crippen molar-refractivity contribution in [3.05, 3.63) is 29.3 Å². The number of amides is 1. The van der Waals surface area contributed by atoms with E-state index in [2.05, 4.69) is 12.2 Å². The largest absolute Gasteiger partial charge is 0.348 e. The molecule has 8 heteroatoms. The minimum Gasteiger partial charge on any atom is -0.348 e. The third-order valence-corrected chi connectivity index (χ3v) is 5.52. The van der Waals surface area contributed by atoms with Crippen molar-refractivity contribution in [1.82, 2.24) is 5.32 Å². The SMILES string of the molecule is CCCCC(CN)NC(=O)c1ccc2c(c1)CCCN2S(C)(=O)=O.Cl. The Kier molecular flexibility index (Phi) is 8.18. The first-order valence-electron chi connectivity index (χ1n) is 8.48. The van der Waals surface area contributed by atoms with E-state index in [1.54, 1.807) is 18.2 Å². The summed E-state index contributed by atoms with van der Waals surface area (Å²) in [5.41, 5.74) is 7.87. The van der Waals surface area contributed by atoms with Gasteiger partial charge in [-0.3, -0.25) is 9.10 Å². The summed E-state index contributed by atoms with van der Waals surface area (Å²) in [5, 5.41) is 2.97. The van der Waals surface area contributed by atoms with Crippen LogP contribution in [0.3, 0.4) is 0 Å². The van der Waals surface area contributed by atoms with E-state index in [1.807, 2.05) is 0 Å². The van der Waals surface area contributed by atoms with Gasteiger partial charge in [-0.1, -0.05) is 19.8 Å². The molecule has 1 atom stereocenters. The predicted molar refractivity (Wildman–Crippen MR) is 104 cm³/mol. The van der Waals surface area contributed by atoms with Crippen LogP contribution < -0.4 is 15.4 Å². The number of halogens is 1. The van der Waals surface area contributed by atoms with E-state index in [9.17, 15) is 13.2 Å². The Balaban J connectivity index is 0.00000312. The molecule has 1 unspecified atom stereocenters. The Morgan fingerprint density at radius 2 is 2.12 bits per heavy atom. The van der Waals surface area contributed by atoms with Crippen LogP contribution in [-0.2, 0) is 16.4 Å². The molecule has 2 rings (SSSR count). The van der Waals surface area contributed by atoms with Crippen molar-refractivity contribution in [3.63, 3.8) is 0 Å². The van der Waals surface area contributed by atoms with E-state index in [0.717, 1.165) is 37.7 Å². The molecule has 0 saturated carbocycles. The molecule has 0 bridgehead atoms. The van der Waals surface area contributed by atoms with Crippen molar-refractivity contribution in [2.45, 2.75) is 45.1 Å². The number of hydrogen-bond acceptors (Lipinski definition) is 4. The van der Waals surface area contributed by atoms with Crippen LogP contribution in [0.5, 0.6) is 0 Å². The molecule has 6 nitrogen and oxygen atoms in total. The molecule has 1 amide bonds. The summed E-state index contributed by atoms with van der Waals surface area (Å²) in [6.07, 6.45) is 5.70. The third kappa shape index (κ3) is 5.59. The summed E-state index contributed by atoms with van der Waals surface area (Å²) in [6.45, 7) is 3.01. The van der Waals surface area contributed by atoms with E-state index in [-0.39, 0.29) is 24.4 Å². The number of sulfonamides is 1. The number of carbonyl (C=O) groups excluding carboxylic acids is 1. The normalized spacial score (nSPS) is 15.1. The monoisotopic (exact) mass is 389 g/mol. The van der Waals surface area contributed by atoms with E-state index >= 15 is 0 Å². The highest BCUT2D eigenvalue weighted by Gasteiger charge is 2.25. The molecule has 142 valence electrons. The summed E-state index contributed by atoms with van der Waals surface area (Å²) >= 11 is 0. The second-order valence-corrected chi connectivity index (χ2v) is 8.24. The van der Waals surface area contributed by atoms with Gasteiger partial charge in [-0.25, -0.2) is 8.42 Å². The number of anilines is 1. The number of fused-ring (bicyclic) bond motifs is 1. The Bertz CT molecular complexity index is 694. The van der Waals surface area contributed by atoms with Gasteiger partial charge in [0.2, 0.25) is 10.0 Å². The lowest BCUT2D eigenvalue weighted by molar-refractivity contribution is 0.0935. The van der Waals surface area contributed by atoms with E-state index in [1.165, 1.54) is 10.6 Å². The molecule has 0 aliphatic carbocycles. The second kappa shape index (κ2) is 9.40. The van der Waals surface area contributed by atoms with Crippen molar-refractivity contribution in [2.24, 2.45) is 5.73 Å². The lowest BCUT2D eigenvalue weighted by atomic mass is 10.00. The summed E-state index contributed by atoms with van der Waals surface area (Å²) < 4.78 is 25.2. The predicted octanol–water partition coefficient (Wildman–Crippen LogP) is 2.07. The average molecular weight is 390 g/mol. The summed E-state index contributed by atoms with van der Waals surface area (Å²) in [7, 11) is -3.29. The molecule has 1 heterocycles. The number of nitrogens with two attached hydrogens (primary N) is 1. The lowest BCUT2D eigenvalue weighted by Crippen LogP contribution is -2.40. The first-order valence-corrected chi connectivity index (χ1v) is 10.3. The summed E-state index contributed by atoms with van der Waals surface area (Å²) in [5.74, 6) is -0.152. The number of carbonyl (C=O) groups is 1. The van der Waals surface area contributed by atoms with Gasteiger partial charge in [0.1, 0.15) is 0 Å². The maximum atomic E-state index is 12.4. The Morgan fingerprint density at radius 1 is 1.40 bits per heavy atom. The zero-order valence-corrected chi connectivity index (χ0v) is 16.5. The zero-order chi connectivity index (χ0) is 17.7. The van der Waals surface area contributed by atoms with Crippen LogP contribution in [0.2, 0.25) is 0 Å². The van der Waals surface area contributed by atoms with Gasteiger partial charge >= 0.3 is 0 Å². The Hall–Kier alpha value is -1.31. The van der Waals surface area contributed by atoms with Gasteiger partial charge in [0, 0.05) is 24.7 Å². The molecule has 25 heavy (non-hydrogen) atoms. The van der Waals surface area contributed by atoms with Crippen molar-refractivity contribution >= 4 is 34.0 Å². The number of hydrogen-bond donors (Lipinski definition) is 2. The van der Waals surface area contributed by atoms with Gasteiger partial charge in [-0.05, 0) is 43.0 Å². The summed E-state index contributed by atoms with van der Waals surface area (Å²) in [4.78, 5) is 12.4. The number of nitrogens with one attached hydrogen (secondary N) is 1. The number of nitrogens with zero attached hydrogens (tertiary/aromatic N) is 1. The molecular weight excluding hydrogens is 362 g/mol. The lowest BCUT2D eigenvalue weighted by Gasteiger charge is -2.29. The highest BCUT2D eigenvalue weighted by molar-refractivity contribution is 7.92. The zero-order valence-electron chi connectivity index (χ0n) is 14.8. The van der Waals surface area contributed by atoms with Crippen LogP contribution in [0.25, 0.3) is 0 Å². The standard InChI is InChI=1S/C17H27N3O3S.ClH/c1-3-4-7-15(12-18)19-17(21)14-8-9-16-13(11-14)6-5-10-20(16)24(2,22)23;/h8-9,11,15H,3-7,10,12,18H2,1-2H3,(H,19,21);1H. The molecule has 1 aromatic carbocycles. The highest BCUT2D eigenvalue weighted by Crippen LogP contribution is 2.29. The Labute approximate surface area is 156 Å². The molecule has 0 fully saturated rings. The van der Waals surface area contributed by atoms with Crippen LogP contribution in [0.15, 0.2) is 18.2 Å². The fourth-order valence-electron chi connectivity index (χ4n) is 3.02. The van der Waals surface area contributed by atoms with Crippen LogP contribution in [0.4, 0.5) is 5.69 Å². The maximum absolute atomic E-state index is 12.4. The maximum Gasteiger partial charge on any atom is 0.251 e. The fraction of sp³-hybridized carbons (Fsp3) is 0.588. The first kappa shape index (κ1) is 21.7. The fourth-order valence-corrected chi connectivity index (χ4v) is 4.01. The van der Waals surface area contributed by atoms with Gasteiger partial charge in [0.05, 0.1) is 11.9 Å². The smallest absolute Gasteiger partial charge is 0.251 e. The number of benzene rings is 1. The van der Waals surface area contributed by atoms with Crippen LogP contribution in [0.1, 0.15) is 48.5 Å². The van der Waals surface area contributed by atoms with E-state index < -0.39 is 10.0 Å². The van der Waals surface area contributed by atoms with E-state index in [0.29, 0.717) is 24.3 Å². The van der Waals surface area contributed by atoms with Crippen molar-refractivity contribution < 1.29 is 13.2 Å². The minimum absolute atomic E-state index is 0. The van der Waals surface area contributed by atoms with Crippen LogP contribution in [-0.4, -0.2) is 39.7 Å². The molecule has 1 aliphatic heterocycles. The Morgan fingerprint density at radius 3 is 2.72 bits per heavy atom. The first-order chi connectivity index (χ1) is 11.4. The van der Waals surface area contributed by atoms with Crippen LogP contribution in [0, 0.1) is 0 Å². The average Bonchev–Trinajstić information content (AvgIpc) is 2.56. The molecule has 0 spiro atoms. The van der Waals surface area contributed by atoms with Crippen molar-refractivity contribution in [3.8, 4) is 0 Å². The number of aryl methyl sites for hydroxylation is 1. The molecule has 0 aromatic heterocycles. The van der Waals surface area contributed by atoms with Crippen molar-refractivity contribution in [2.75, 3.05) is 23.7 Å². The van der Waals surface area contributed by atoms with E-state index in [4.69, 9.17) is 5.73 Å². The second-order valence-electron chi connectivity index (χ2n) is 6.33. The number of rotatable bonds is 7. The van der Waals surface area contributed by atoms with Gasteiger partial charge in [-0.15, -0.1) is 12.4 Å². The topological polar surface area (TPSA) is 92.5 Å². The molecule has 0 saturated heterocycles. The number of unbranched alkanes of at least 4 members (excludes halogenated alkanes) is 1. The van der Waals surface area contributed by atoms with Gasteiger partial charge < -0.3 is 11.1 Å². The molecule has 3 N–H and O–H groups in total. The quantitative estimate of drug-likeness (QED) is 0.746. The molecule has 1 aromatic rings. The van der Waals surface area contributed by atoms with Gasteiger partial charge in [0.25, 0.3) is 5.91 Å². The van der Waals surface area contributed by atoms with Gasteiger partial charge in [0.15, 0.2) is 0 Å². The molecule has 1 aliphatic rings.